The van der Waals surface area contributed by atoms with E-state index in [1.807, 2.05) is 32.0 Å². The summed E-state index contributed by atoms with van der Waals surface area (Å²) in [6, 6.07) is 5.27. The number of carbonyl (C=O) groups excluding carboxylic acids is 1. The highest BCUT2D eigenvalue weighted by atomic mass is 16.5. The van der Waals surface area contributed by atoms with Crippen LogP contribution in [0.25, 0.3) is 11.4 Å². The van der Waals surface area contributed by atoms with Crippen LogP contribution in [0, 0.1) is 5.92 Å². The lowest BCUT2D eigenvalue weighted by molar-refractivity contribution is -0.123. The first-order chi connectivity index (χ1) is 11.0. The number of nitrogens with two attached hydrogens (primary N) is 1. The first kappa shape index (κ1) is 15.5. The average Bonchev–Trinajstić information content (AvgIpc) is 3.19. The summed E-state index contributed by atoms with van der Waals surface area (Å²) < 4.78 is 10.7. The van der Waals surface area contributed by atoms with Crippen LogP contribution in [0.15, 0.2) is 22.7 Å². The minimum atomic E-state index is -0.547. The molecule has 0 bridgehead atoms. The minimum Gasteiger partial charge on any atom is -0.493 e. The Morgan fingerprint density at radius 1 is 1.43 bits per heavy atom. The largest absolute Gasteiger partial charge is 0.493 e. The number of nitrogens with one attached hydrogen (secondary N) is 1. The molecule has 1 atom stereocenters. The van der Waals surface area contributed by atoms with Gasteiger partial charge in [-0.25, -0.2) is 0 Å². The monoisotopic (exact) mass is 316 g/mol. The fourth-order valence-electron chi connectivity index (χ4n) is 2.35. The van der Waals surface area contributed by atoms with Crippen LogP contribution in [0.2, 0.25) is 0 Å². The van der Waals surface area contributed by atoms with Crippen molar-refractivity contribution in [2.24, 2.45) is 11.7 Å². The van der Waals surface area contributed by atoms with E-state index in [2.05, 4.69) is 15.5 Å². The van der Waals surface area contributed by atoms with Gasteiger partial charge in [0.05, 0.1) is 19.2 Å². The van der Waals surface area contributed by atoms with Crippen LogP contribution in [0.4, 0.5) is 0 Å². The maximum atomic E-state index is 11.8. The molecule has 3 rings (SSSR count). The molecule has 1 aromatic carbocycles. The molecule has 23 heavy (non-hydrogen) atoms. The van der Waals surface area contributed by atoms with E-state index < -0.39 is 6.04 Å². The van der Waals surface area contributed by atoms with Gasteiger partial charge in [-0.2, -0.15) is 4.98 Å². The summed E-state index contributed by atoms with van der Waals surface area (Å²) in [5.74, 6) is 1.60. The van der Waals surface area contributed by atoms with Crippen LogP contribution in [0.1, 0.15) is 25.3 Å². The third-order valence-corrected chi connectivity index (χ3v) is 3.85. The Balaban J connectivity index is 1.65. The number of nitrogens with zero attached hydrogens (tertiary/aromatic N) is 2. The van der Waals surface area contributed by atoms with Crippen LogP contribution in [-0.2, 0) is 17.8 Å². The second-order valence-corrected chi connectivity index (χ2v) is 5.92. The SMILES string of the molecule is CC(C)[C@H](N)C(=O)NCc1nc(-c2ccc3c(c2)CCO3)no1. The van der Waals surface area contributed by atoms with Gasteiger partial charge in [0.2, 0.25) is 17.6 Å². The number of hydrogen-bond acceptors (Lipinski definition) is 6. The molecule has 0 spiro atoms. The summed E-state index contributed by atoms with van der Waals surface area (Å²) in [5, 5.41) is 6.67. The number of rotatable bonds is 5. The standard InChI is InChI=1S/C16H20N4O3/c1-9(2)14(17)16(21)18-8-13-19-15(20-23-13)11-3-4-12-10(7-11)5-6-22-12/h3-4,7,9,14H,5-6,8,17H2,1-2H3,(H,18,21)/t14-/m0/s1. The zero-order chi connectivity index (χ0) is 16.4. The van der Waals surface area contributed by atoms with Crippen molar-refractivity contribution >= 4 is 5.91 Å². The molecule has 122 valence electrons. The van der Waals surface area contributed by atoms with E-state index in [0.717, 1.165) is 23.3 Å². The van der Waals surface area contributed by atoms with Gasteiger partial charge >= 0.3 is 0 Å². The highest BCUT2D eigenvalue weighted by Crippen LogP contribution is 2.29. The van der Waals surface area contributed by atoms with E-state index in [-0.39, 0.29) is 18.4 Å². The van der Waals surface area contributed by atoms with Gasteiger partial charge in [-0.1, -0.05) is 19.0 Å². The van der Waals surface area contributed by atoms with Crippen LogP contribution < -0.4 is 15.8 Å². The maximum Gasteiger partial charge on any atom is 0.246 e. The number of fused-ring (bicyclic) bond motifs is 1. The summed E-state index contributed by atoms with van der Waals surface area (Å²) in [4.78, 5) is 16.1. The Hall–Kier alpha value is -2.41. The number of ether oxygens (including phenoxy) is 1. The first-order valence-electron chi connectivity index (χ1n) is 7.66. The second kappa shape index (κ2) is 6.37. The van der Waals surface area contributed by atoms with Crippen molar-refractivity contribution < 1.29 is 14.1 Å². The van der Waals surface area contributed by atoms with E-state index in [1.54, 1.807) is 0 Å². The molecule has 0 unspecified atom stereocenters. The van der Waals surface area contributed by atoms with Gasteiger partial charge in [-0.05, 0) is 29.7 Å². The van der Waals surface area contributed by atoms with E-state index in [0.29, 0.717) is 18.3 Å². The van der Waals surface area contributed by atoms with Crippen LogP contribution >= 0.6 is 0 Å². The molecule has 7 heteroatoms. The molecule has 3 N–H and O–H groups in total. The maximum absolute atomic E-state index is 11.8. The smallest absolute Gasteiger partial charge is 0.246 e. The van der Waals surface area contributed by atoms with E-state index >= 15 is 0 Å². The highest BCUT2D eigenvalue weighted by Gasteiger charge is 2.19. The molecule has 2 heterocycles. The lowest BCUT2D eigenvalue weighted by atomic mass is 10.1. The van der Waals surface area contributed by atoms with Gasteiger partial charge in [0, 0.05) is 12.0 Å². The molecule has 0 saturated heterocycles. The number of benzene rings is 1. The third kappa shape index (κ3) is 3.34. The fourth-order valence-corrected chi connectivity index (χ4v) is 2.35. The molecule has 1 aliphatic heterocycles. The average molecular weight is 316 g/mol. The second-order valence-electron chi connectivity index (χ2n) is 5.92. The molecule has 0 radical (unpaired) electrons. The molecule has 0 aliphatic carbocycles. The topological polar surface area (TPSA) is 103 Å². The fraction of sp³-hybridized carbons (Fsp3) is 0.438. The van der Waals surface area contributed by atoms with Crippen molar-refractivity contribution in [1.82, 2.24) is 15.5 Å². The quantitative estimate of drug-likeness (QED) is 0.861. The number of carbonyl (C=O) groups is 1. The summed E-state index contributed by atoms with van der Waals surface area (Å²) >= 11 is 0. The predicted molar refractivity (Wildman–Crippen MR) is 83.6 cm³/mol. The van der Waals surface area contributed by atoms with E-state index in [9.17, 15) is 4.79 Å². The first-order valence-corrected chi connectivity index (χ1v) is 7.66. The summed E-state index contributed by atoms with van der Waals surface area (Å²) in [6.45, 7) is 4.66. The van der Waals surface area contributed by atoms with Crippen molar-refractivity contribution in [2.75, 3.05) is 6.61 Å². The van der Waals surface area contributed by atoms with Crippen LogP contribution in [0.3, 0.4) is 0 Å². The van der Waals surface area contributed by atoms with Crippen molar-refractivity contribution in [1.29, 1.82) is 0 Å². The van der Waals surface area contributed by atoms with Gasteiger partial charge in [-0.3, -0.25) is 4.79 Å². The van der Waals surface area contributed by atoms with E-state index in [4.69, 9.17) is 15.0 Å². The third-order valence-electron chi connectivity index (χ3n) is 3.85. The molecule has 1 aliphatic rings. The Morgan fingerprint density at radius 2 is 2.26 bits per heavy atom. The molecule has 7 nitrogen and oxygen atoms in total. The molecular formula is C16H20N4O3. The molecule has 0 fully saturated rings. The zero-order valence-electron chi connectivity index (χ0n) is 13.2. The number of aromatic nitrogens is 2. The molecular weight excluding hydrogens is 296 g/mol. The Kier molecular flexibility index (Phi) is 4.29. The van der Waals surface area contributed by atoms with Crippen LogP contribution in [-0.4, -0.2) is 28.7 Å². The molecule has 1 aromatic heterocycles. The Bertz CT molecular complexity index is 711. The van der Waals surface area contributed by atoms with Crippen molar-refractivity contribution in [3.8, 4) is 17.1 Å². The summed E-state index contributed by atoms with van der Waals surface area (Å²) in [6.07, 6.45) is 0.886. The highest BCUT2D eigenvalue weighted by molar-refractivity contribution is 5.81. The van der Waals surface area contributed by atoms with Gasteiger partial charge in [-0.15, -0.1) is 0 Å². The van der Waals surface area contributed by atoms with Crippen LogP contribution in [0.5, 0.6) is 5.75 Å². The lowest BCUT2D eigenvalue weighted by Gasteiger charge is -2.14. The number of hydrogen-bond donors (Lipinski definition) is 2. The number of amides is 1. The lowest BCUT2D eigenvalue weighted by Crippen LogP contribution is -2.43. The summed E-state index contributed by atoms with van der Waals surface area (Å²) in [5.41, 5.74) is 7.80. The summed E-state index contributed by atoms with van der Waals surface area (Å²) in [7, 11) is 0. The van der Waals surface area contributed by atoms with Gasteiger partial charge < -0.3 is 20.3 Å². The molecule has 2 aromatic rings. The molecule has 1 amide bonds. The van der Waals surface area contributed by atoms with Gasteiger partial charge in [0.15, 0.2) is 0 Å². The molecule has 0 saturated carbocycles. The van der Waals surface area contributed by atoms with Gasteiger partial charge in [0.1, 0.15) is 5.75 Å². The van der Waals surface area contributed by atoms with Crippen molar-refractivity contribution in [3.63, 3.8) is 0 Å². The Labute approximate surface area is 134 Å². The van der Waals surface area contributed by atoms with E-state index in [1.165, 1.54) is 0 Å². The van der Waals surface area contributed by atoms with Gasteiger partial charge in [0.25, 0.3) is 0 Å². The minimum absolute atomic E-state index is 0.0712. The Morgan fingerprint density at radius 3 is 3.04 bits per heavy atom. The zero-order valence-corrected chi connectivity index (χ0v) is 13.2. The predicted octanol–water partition coefficient (Wildman–Crippen LogP) is 1.27. The van der Waals surface area contributed by atoms with Crippen molar-refractivity contribution in [3.05, 3.63) is 29.7 Å². The van der Waals surface area contributed by atoms with Crippen molar-refractivity contribution in [2.45, 2.75) is 32.9 Å². The normalized spacial score (nSPS) is 14.4.